The molecule has 1 aromatic carbocycles. The Balaban J connectivity index is 0.00000312. The van der Waals surface area contributed by atoms with Gasteiger partial charge in [0.15, 0.2) is 5.96 Å². The average molecular weight is 460 g/mol. The molecule has 0 unspecified atom stereocenters. The normalized spacial score (nSPS) is 15.2. The second-order valence-electron chi connectivity index (χ2n) is 5.51. The van der Waals surface area contributed by atoms with Gasteiger partial charge in [-0.05, 0) is 6.07 Å². The summed E-state index contributed by atoms with van der Waals surface area (Å²) in [6, 6.07) is 7.99. The van der Waals surface area contributed by atoms with Crippen LogP contribution in [-0.4, -0.2) is 63.9 Å². The number of rotatable bonds is 8. The summed E-state index contributed by atoms with van der Waals surface area (Å²) in [5.74, 6) is 1.66. The molecule has 0 atom stereocenters. The van der Waals surface area contributed by atoms with Crippen molar-refractivity contribution in [1.82, 2.24) is 15.5 Å². The molecule has 1 aliphatic heterocycles. The SMILES string of the molecule is C=CCOc1ccccc1CNC(=NC)NCCN1CCOCC1.I. The Kier molecular flexibility index (Phi) is 11.3. The molecule has 6 nitrogen and oxygen atoms in total. The van der Waals surface area contributed by atoms with Crippen molar-refractivity contribution in [3.8, 4) is 5.75 Å². The lowest BCUT2D eigenvalue weighted by atomic mass is 10.2. The van der Waals surface area contributed by atoms with Crippen LogP contribution < -0.4 is 15.4 Å². The van der Waals surface area contributed by atoms with Crippen molar-refractivity contribution < 1.29 is 9.47 Å². The first-order valence-electron chi connectivity index (χ1n) is 8.39. The van der Waals surface area contributed by atoms with Crippen LogP contribution in [0.15, 0.2) is 41.9 Å². The lowest BCUT2D eigenvalue weighted by Crippen LogP contribution is -2.44. The number of hydrogen-bond acceptors (Lipinski definition) is 4. The standard InChI is InChI=1S/C18H28N4O2.HI/c1-3-12-24-17-7-5-4-6-16(17)15-21-18(19-2)20-8-9-22-10-13-23-14-11-22;/h3-7H,1,8-15H2,2H3,(H2,19,20,21);1H. The lowest BCUT2D eigenvalue weighted by molar-refractivity contribution is 0.0389. The minimum atomic E-state index is 0. The topological polar surface area (TPSA) is 58.1 Å². The summed E-state index contributed by atoms with van der Waals surface area (Å²) in [5, 5.41) is 6.68. The van der Waals surface area contributed by atoms with E-state index in [0.29, 0.717) is 13.2 Å². The Labute approximate surface area is 167 Å². The zero-order valence-corrected chi connectivity index (χ0v) is 17.2. The highest BCUT2D eigenvalue weighted by Gasteiger charge is 2.10. The van der Waals surface area contributed by atoms with Crippen LogP contribution in [-0.2, 0) is 11.3 Å². The fourth-order valence-corrected chi connectivity index (χ4v) is 2.50. The van der Waals surface area contributed by atoms with Crippen LogP contribution in [0.5, 0.6) is 5.75 Å². The summed E-state index contributed by atoms with van der Waals surface area (Å²) in [7, 11) is 1.78. The molecule has 2 rings (SSSR count). The molecule has 1 saturated heterocycles. The molecule has 0 aromatic heterocycles. The van der Waals surface area contributed by atoms with E-state index in [9.17, 15) is 0 Å². The molecule has 0 amide bonds. The summed E-state index contributed by atoms with van der Waals surface area (Å²) in [6.07, 6.45) is 1.75. The molecular weight excluding hydrogens is 431 g/mol. The lowest BCUT2D eigenvalue weighted by Gasteiger charge is -2.26. The number of nitrogens with one attached hydrogen (secondary N) is 2. The molecule has 0 spiro atoms. The molecule has 1 heterocycles. The van der Waals surface area contributed by atoms with Gasteiger partial charge in [-0.25, -0.2) is 0 Å². The van der Waals surface area contributed by atoms with E-state index in [4.69, 9.17) is 9.47 Å². The van der Waals surface area contributed by atoms with Gasteiger partial charge in [-0.2, -0.15) is 0 Å². The Morgan fingerprint density at radius 2 is 2.08 bits per heavy atom. The summed E-state index contributed by atoms with van der Waals surface area (Å²) in [6.45, 7) is 10.3. The number of guanidine groups is 1. The number of halogens is 1. The van der Waals surface area contributed by atoms with Gasteiger partial charge in [0.1, 0.15) is 12.4 Å². The van der Waals surface area contributed by atoms with Gasteiger partial charge in [0, 0.05) is 45.3 Å². The van der Waals surface area contributed by atoms with E-state index in [1.807, 2.05) is 24.3 Å². The smallest absolute Gasteiger partial charge is 0.191 e. The van der Waals surface area contributed by atoms with Crippen molar-refractivity contribution >= 4 is 29.9 Å². The first-order chi connectivity index (χ1) is 11.8. The Bertz CT molecular complexity index is 534. The van der Waals surface area contributed by atoms with Crippen molar-refractivity contribution in [2.45, 2.75) is 6.54 Å². The van der Waals surface area contributed by atoms with Crippen LogP contribution >= 0.6 is 24.0 Å². The zero-order valence-electron chi connectivity index (χ0n) is 14.9. The number of morpholine rings is 1. The highest BCUT2D eigenvalue weighted by atomic mass is 127. The van der Waals surface area contributed by atoms with E-state index in [1.54, 1.807) is 13.1 Å². The van der Waals surface area contributed by atoms with E-state index < -0.39 is 0 Å². The van der Waals surface area contributed by atoms with Crippen molar-refractivity contribution in [2.75, 3.05) is 53.0 Å². The molecule has 25 heavy (non-hydrogen) atoms. The van der Waals surface area contributed by atoms with Crippen LogP contribution in [0, 0.1) is 0 Å². The summed E-state index contributed by atoms with van der Waals surface area (Å²) < 4.78 is 11.0. The van der Waals surface area contributed by atoms with Gasteiger partial charge in [-0.15, -0.1) is 24.0 Å². The predicted octanol–water partition coefficient (Wildman–Crippen LogP) is 1.87. The van der Waals surface area contributed by atoms with E-state index in [-0.39, 0.29) is 24.0 Å². The summed E-state index contributed by atoms with van der Waals surface area (Å²) in [4.78, 5) is 6.66. The van der Waals surface area contributed by atoms with Crippen molar-refractivity contribution in [3.05, 3.63) is 42.5 Å². The zero-order chi connectivity index (χ0) is 17.0. The molecular formula is C18H29IN4O2. The van der Waals surface area contributed by atoms with Crippen molar-refractivity contribution in [2.24, 2.45) is 4.99 Å². The van der Waals surface area contributed by atoms with E-state index in [1.165, 1.54) is 0 Å². The van der Waals surface area contributed by atoms with Crippen molar-refractivity contribution in [3.63, 3.8) is 0 Å². The summed E-state index contributed by atoms with van der Waals surface area (Å²) >= 11 is 0. The van der Waals surface area contributed by atoms with E-state index >= 15 is 0 Å². The maximum absolute atomic E-state index is 5.68. The molecule has 0 radical (unpaired) electrons. The number of para-hydroxylation sites is 1. The molecule has 2 N–H and O–H groups in total. The largest absolute Gasteiger partial charge is 0.489 e. The van der Waals surface area contributed by atoms with Crippen molar-refractivity contribution in [1.29, 1.82) is 0 Å². The highest BCUT2D eigenvalue weighted by molar-refractivity contribution is 14.0. The van der Waals surface area contributed by atoms with Gasteiger partial charge in [0.25, 0.3) is 0 Å². The maximum atomic E-state index is 5.68. The minimum Gasteiger partial charge on any atom is -0.489 e. The summed E-state index contributed by atoms with van der Waals surface area (Å²) in [5.41, 5.74) is 1.09. The van der Waals surface area contributed by atoms with Gasteiger partial charge < -0.3 is 20.1 Å². The van der Waals surface area contributed by atoms with Crippen LogP contribution in [0.25, 0.3) is 0 Å². The van der Waals surface area contributed by atoms with Gasteiger partial charge in [-0.3, -0.25) is 9.89 Å². The van der Waals surface area contributed by atoms with Crippen LogP contribution in [0.2, 0.25) is 0 Å². The Morgan fingerprint density at radius 3 is 2.80 bits per heavy atom. The first-order valence-corrected chi connectivity index (χ1v) is 8.39. The Hall–Kier alpha value is -1.32. The third-order valence-corrected chi connectivity index (χ3v) is 3.82. The first kappa shape index (κ1) is 21.7. The fraction of sp³-hybridized carbons (Fsp3) is 0.500. The number of hydrogen-bond donors (Lipinski definition) is 2. The minimum absolute atomic E-state index is 0. The number of ether oxygens (including phenoxy) is 2. The van der Waals surface area contributed by atoms with Crippen LogP contribution in [0.1, 0.15) is 5.56 Å². The fourth-order valence-electron chi connectivity index (χ4n) is 2.50. The number of benzene rings is 1. The van der Waals surface area contributed by atoms with Gasteiger partial charge in [-0.1, -0.05) is 30.9 Å². The van der Waals surface area contributed by atoms with Gasteiger partial charge >= 0.3 is 0 Å². The highest BCUT2D eigenvalue weighted by Crippen LogP contribution is 2.17. The Morgan fingerprint density at radius 1 is 1.32 bits per heavy atom. The third kappa shape index (κ3) is 8.06. The maximum Gasteiger partial charge on any atom is 0.191 e. The quantitative estimate of drug-likeness (QED) is 0.269. The van der Waals surface area contributed by atoms with Gasteiger partial charge in [0.2, 0.25) is 0 Å². The molecule has 0 saturated carbocycles. The third-order valence-electron chi connectivity index (χ3n) is 3.82. The molecule has 140 valence electrons. The molecule has 1 aromatic rings. The molecule has 0 bridgehead atoms. The predicted molar refractivity (Wildman–Crippen MR) is 113 cm³/mol. The molecule has 1 fully saturated rings. The number of aliphatic imine (C=N–C) groups is 1. The van der Waals surface area contributed by atoms with Crippen LogP contribution in [0.4, 0.5) is 0 Å². The number of nitrogens with zero attached hydrogens (tertiary/aromatic N) is 2. The molecule has 1 aliphatic rings. The van der Waals surface area contributed by atoms with Crippen LogP contribution in [0.3, 0.4) is 0 Å². The average Bonchev–Trinajstić information content (AvgIpc) is 2.64. The van der Waals surface area contributed by atoms with Gasteiger partial charge in [0.05, 0.1) is 13.2 Å². The second-order valence-corrected chi connectivity index (χ2v) is 5.51. The van der Waals surface area contributed by atoms with E-state index in [2.05, 4.69) is 27.1 Å². The molecule has 0 aliphatic carbocycles. The van der Waals surface area contributed by atoms with E-state index in [0.717, 1.165) is 56.7 Å². The monoisotopic (exact) mass is 460 g/mol. The second kappa shape index (κ2) is 13.0. The molecule has 7 heteroatoms.